The van der Waals surface area contributed by atoms with Gasteiger partial charge in [0.25, 0.3) is 0 Å². The molecule has 0 radical (unpaired) electrons. The highest BCUT2D eigenvalue weighted by Gasteiger charge is 2.25. The number of hydrogen-bond donors (Lipinski definition) is 2. The number of aromatic hydroxyl groups is 1. The number of nitrogens with zero attached hydrogens (tertiary/aromatic N) is 1. The summed E-state index contributed by atoms with van der Waals surface area (Å²) in [6.07, 6.45) is 1.04. The lowest BCUT2D eigenvalue weighted by atomic mass is 9.94. The Hall–Kier alpha value is -0.770. The third kappa shape index (κ3) is 3.85. The summed E-state index contributed by atoms with van der Waals surface area (Å²) in [6.45, 7) is 8.49. The Morgan fingerprint density at radius 1 is 1.32 bits per heavy atom. The molecule has 1 aliphatic heterocycles. The molecular formula is C15H23ClN2O. The van der Waals surface area contributed by atoms with Crippen LogP contribution in [0.25, 0.3) is 0 Å². The van der Waals surface area contributed by atoms with Gasteiger partial charge in [-0.3, -0.25) is 4.90 Å². The summed E-state index contributed by atoms with van der Waals surface area (Å²) >= 11 is 6.09. The van der Waals surface area contributed by atoms with E-state index in [1.165, 1.54) is 0 Å². The van der Waals surface area contributed by atoms with Crippen molar-refractivity contribution in [3.05, 3.63) is 28.8 Å². The maximum atomic E-state index is 10.1. The van der Waals surface area contributed by atoms with Crippen LogP contribution in [-0.2, 0) is 0 Å². The molecule has 1 aromatic carbocycles. The van der Waals surface area contributed by atoms with Gasteiger partial charge in [-0.1, -0.05) is 25.4 Å². The van der Waals surface area contributed by atoms with E-state index in [1.54, 1.807) is 12.1 Å². The second kappa shape index (κ2) is 6.60. The largest absolute Gasteiger partial charge is 0.508 e. The Morgan fingerprint density at radius 2 is 2.00 bits per heavy atom. The summed E-state index contributed by atoms with van der Waals surface area (Å²) in [5, 5.41) is 14.2. The van der Waals surface area contributed by atoms with Crippen molar-refractivity contribution in [2.24, 2.45) is 5.92 Å². The number of rotatable bonds is 4. The highest BCUT2D eigenvalue weighted by Crippen LogP contribution is 2.35. The van der Waals surface area contributed by atoms with E-state index in [2.05, 4.69) is 24.1 Å². The monoisotopic (exact) mass is 282 g/mol. The lowest BCUT2D eigenvalue weighted by molar-refractivity contribution is 0.151. The maximum Gasteiger partial charge on any atom is 0.120 e. The average Bonchev–Trinajstić information content (AvgIpc) is 2.40. The van der Waals surface area contributed by atoms with Crippen molar-refractivity contribution in [3.63, 3.8) is 0 Å². The molecule has 4 heteroatoms. The summed E-state index contributed by atoms with van der Waals surface area (Å²) in [4.78, 5) is 2.45. The van der Waals surface area contributed by atoms with E-state index in [-0.39, 0.29) is 6.04 Å². The van der Waals surface area contributed by atoms with Crippen molar-refractivity contribution < 1.29 is 5.11 Å². The number of halogens is 1. The van der Waals surface area contributed by atoms with E-state index in [9.17, 15) is 5.11 Å². The second-order valence-corrected chi connectivity index (χ2v) is 6.07. The standard InChI is InChI=1S/C15H23ClN2O/c1-11(2)9-14(18-7-5-17-6-8-18)13-10-12(16)3-4-15(13)19/h3-4,10-11,14,17,19H,5-9H2,1-2H3/t14-/m1/s1. The minimum Gasteiger partial charge on any atom is -0.508 e. The molecule has 0 aromatic heterocycles. The molecule has 0 aliphatic carbocycles. The van der Waals surface area contributed by atoms with Crippen LogP contribution in [-0.4, -0.2) is 36.2 Å². The second-order valence-electron chi connectivity index (χ2n) is 5.63. The van der Waals surface area contributed by atoms with Crippen LogP contribution >= 0.6 is 11.6 Å². The summed E-state index contributed by atoms with van der Waals surface area (Å²) < 4.78 is 0. The predicted molar refractivity (Wildman–Crippen MR) is 79.8 cm³/mol. The Balaban J connectivity index is 2.27. The van der Waals surface area contributed by atoms with Gasteiger partial charge in [0.15, 0.2) is 0 Å². The summed E-state index contributed by atoms with van der Waals surface area (Å²) in [5.74, 6) is 0.937. The van der Waals surface area contributed by atoms with E-state index in [0.29, 0.717) is 16.7 Å². The van der Waals surface area contributed by atoms with Crippen molar-refractivity contribution in [1.82, 2.24) is 10.2 Å². The average molecular weight is 283 g/mol. The zero-order chi connectivity index (χ0) is 13.8. The number of piperazine rings is 1. The lowest BCUT2D eigenvalue weighted by Gasteiger charge is -2.36. The molecule has 19 heavy (non-hydrogen) atoms. The van der Waals surface area contributed by atoms with Crippen molar-refractivity contribution in [2.75, 3.05) is 26.2 Å². The van der Waals surface area contributed by atoms with Crippen molar-refractivity contribution in [2.45, 2.75) is 26.3 Å². The fraction of sp³-hybridized carbons (Fsp3) is 0.600. The molecular weight excluding hydrogens is 260 g/mol. The fourth-order valence-corrected chi connectivity index (χ4v) is 2.89. The first-order valence-corrected chi connectivity index (χ1v) is 7.39. The third-order valence-electron chi connectivity index (χ3n) is 3.64. The number of benzene rings is 1. The summed E-state index contributed by atoms with van der Waals surface area (Å²) in [7, 11) is 0. The molecule has 1 atom stereocenters. The van der Waals surface area contributed by atoms with Gasteiger partial charge in [0.1, 0.15) is 5.75 Å². The Kier molecular flexibility index (Phi) is 5.08. The van der Waals surface area contributed by atoms with Crippen LogP contribution in [0.4, 0.5) is 0 Å². The van der Waals surface area contributed by atoms with Crippen LogP contribution in [0.15, 0.2) is 18.2 Å². The van der Waals surface area contributed by atoms with Gasteiger partial charge in [-0.05, 0) is 30.5 Å². The molecule has 1 heterocycles. The zero-order valence-corrected chi connectivity index (χ0v) is 12.5. The molecule has 2 N–H and O–H groups in total. The quantitative estimate of drug-likeness (QED) is 0.891. The van der Waals surface area contributed by atoms with Crippen molar-refractivity contribution in [3.8, 4) is 5.75 Å². The zero-order valence-electron chi connectivity index (χ0n) is 11.7. The van der Waals surface area contributed by atoms with E-state index >= 15 is 0 Å². The Labute approximate surface area is 120 Å². The van der Waals surface area contributed by atoms with Crippen LogP contribution in [0.3, 0.4) is 0 Å². The van der Waals surface area contributed by atoms with Crippen molar-refractivity contribution in [1.29, 1.82) is 0 Å². The van der Waals surface area contributed by atoms with E-state index in [4.69, 9.17) is 11.6 Å². The molecule has 106 valence electrons. The molecule has 3 nitrogen and oxygen atoms in total. The third-order valence-corrected chi connectivity index (χ3v) is 3.87. The molecule has 1 aliphatic rings. The van der Waals surface area contributed by atoms with Crippen LogP contribution in [0, 0.1) is 5.92 Å². The first-order chi connectivity index (χ1) is 9.08. The number of phenolic OH excluding ortho intramolecular Hbond substituents is 1. The smallest absolute Gasteiger partial charge is 0.120 e. The SMILES string of the molecule is CC(C)C[C@H](c1cc(Cl)ccc1O)N1CCNCC1. The molecule has 0 bridgehead atoms. The molecule has 0 saturated carbocycles. The molecule has 1 saturated heterocycles. The predicted octanol–water partition coefficient (Wildman–Crippen LogP) is 3.04. The minimum absolute atomic E-state index is 0.251. The number of phenols is 1. The van der Waals surface area contributed by atoms with Gasteiger partial charge in [0, 0.05) is 42.8 Å². The van der Waals surface area contributed by atoms with Crippen LogP contribution in [0.1, 0.15) is 31.9 Å². The first kappa shape index (κ1) is 14.6. The number of hydrogen-bond acceptors (Lipinski definition) is 3. The highest BCUT2D eigenvalue weighted by molar-refractivity contribution is 6.30. The number of nitrogens with one attached hydrogen (secondary N) is 1. The minimum atomic E-state index is 0.251. The first-order valence-electron chi connectivity index (χ1n) is 7.01. The van der Waals surface area contributed by atoms with Gasteiger partial charge in [0.05, 0.1) is 0 Å². The molecule has 0 unspecified atom stereocenters. The normalized spacial score (nSPS) is 18.7. The molecule has 1 fully saturated rings. The molecule has 0 amide bonds. The summed E-state index contributed by atoms with van der Waals surface area (Å²) in [6, 6.07) is 5.60. The fourth-order valence-electron chi connectivity index (χ4n) is 2.71. The van der Waals surface area contributed by atoms with Gasteiger partial charge in [0.2, 0.25) is 0 Å². The maximum absolute atomic E-state index is 10.1. The lowest BCUT2D eigenvalue weighted by Crippen LogP contribution is -2.45. The highest BCUT2D eigenvalue weighted by atomic mass is 35.5. The topological polar surface area (TPSA) is 35.5 Å². The van der Waals surface area contributed by atoms with E-state index in [1.807, 2.05) is 6.07 Å². The Morgan fingerprint density at radius 3 is 2.63 bits per heavy atom. The summed E-state index contributed by atoms with van der Waals surface area (Å²) in [5.41, 5.74) is 0.961. The van der Waals surface area contributed by atoms with E-state index in [0.717, 1.165) is 38.2 Å². The molecule has 2 rings (SSSR count). The van der Waals surface area contributed by atoms with Crippen LogP contribution in [0.5, 0.6) is 5.75 Å². The van der Waals surface area contributed by atoms with Crippen molar-refractivity contribution >= 4 is 11.6 Å². The van der Waals surface area contributed by atoms with Gasteiger partial charge in [-0.25, -0.2) is 0 Å². The molecule has 1 aromatic rings. The van der Waals surface area contributed by atoms with Crippen LogP contribution < -0.4 is 5.32 Å². The van der Waals surface area contributed by atoms with Gasteiger partial charge in [-0.2, -0.15) is 0 Å². The molecule has 0 spiro atoms. The van der Waals surface area contributed by atoms with Gasteiger partial charge in [-0.15, -0.1) is 0 Å². The van der Waals surface area contributed by atoms with Crippen LogP contribution in [0.2, 0.25) is 5.02 Å². The van der Waals surface area contributed by atoms with Gasteiger partial charge < -0.3 is 10.4 Å². The van der Waals surface area contributed by atoms with Gasteiger partial charge >= 0.3 is 0 Å². The Bertz CT molecular complexity index is 417. The van der Waals surface area contributed by atoms with E-state index < -0.39 is 0 Å².